The zero-order chi connectivity index (χ0) is 20.4. The Hall–Kier alpha value is -3.07. The second-order valence-corrected chi connectivity index (χ2v) is 7.65. The molecule has 1 aliphatic rings. The van der Waals surface area contributed by atoms with Crippen LogP contribution in [0.15, 0.2) is 30.7 Å². The molecule has 3 aromatic heterocycles. The molecule has 1 fully saturated rings. The minimum absolute atomic E-state index is 0.191. The number of carbonyl (C=O) groups excluding carboxylic acids is 1. The average molecular weight is 394 g/mol. The highest BCUT2D eigenvalue weighted by atomic mass is 16.1. The van der Waals surface area contributed by atoms with Gasteiger partial charge < -0.3 is 15.1 Å². The molecular weight excluding hydrogens is 368 g/mol. The maximum Gasteiger partial charge on any atom is 0.270 e. The third-order valence-electron chi connectivity index (χ3n) is 5.21. The molecule has 152 valence electrons. The van der Waals surface area contributed by atoms with Crippen LogP contribution in [0.2, 0.25) is 0 Å². The van der Waals surface area contributed by atoms with Crippen LogP contribution in [0.4, 0.5) is 5.82 Å². The van der Waals surface area contributed by atoms with Crippen molar-refractivity contribution in [1.29, 1.82) is 0 Å². The first kappa shape index (κ1) is 19.3. The van der Waals surface area contributed by atoms with Crippen LogP contribution in [0.25, 0.3) is 5.78 Å². The second-order valence-electron chi connectivity index (χ2n) is 7.65. The number of rotatable bonds is 5. The van der Waals surface area contributed by atoms with Gasteiger partial charge in [0.15, 0.2) is 0 Å². The molecule has 0 bridgehead atoms. The Labute approximate surface area is 169 Å². The number of anilines is 1. The van der Waals surface area contributed by atoms with E-state index in [9.17, 15) is 4.79 Å². The van der Waals surface area contributed by atoms with Crippen molar-refractivity contribution in [2.45, 2.75) is 26.3 Å². The van der Waals surface area contributed by atoms with Gasteiger partial charge >= 0.3 is 0 Å². The molecule has 0 atom stereocenters. The summed E-state index contributed by atoms with van der Waals surface area (Å²) >= 11 is 0. The van der Waals surface area contributed by atoms with Gasteiger partial charge in [0.25, 0.3) is 11.7 Å². The van der Waals surface area contributed by atoms with E-state index in [4.69, 9.17) is 0 Å². The molecule has 0 spiro atoms. The van der Waals surface area contributed by atoms with Gasteiger partial charge in [-0.2, -0.15) is 10.1 Å². The molecule has 1 saturated heterocycles. The molecule has 4 rings (SSSR count). The number of hydrogen-bond acceptors (Lipinski definition) is 7. The zero-order valence-corrected chi connectivity index (χ0v) is 17.0. The molecule has 1 aliphatic heterocycles. The third kappa shape index (κ3) is 4.04. The predicted octanol–water partition coefficient (Wildman–Crippen LogP) is 1.32. The molecule has 0 saturated carbocycles. The molecule has 4 heterocycles. The quantitative estimate of drug-likeness (QED) is 0.698. The zero-order valence-electron chi connectivity index (χ0n) is 17.0. The maximum absolute atomic E-state index is 12.8. The lowest BCUT2D eigenvalue weighted by molar-refractivity contribution is 0.0946. The predicted molar refractivity (Wildman–Crippen MR) is 110 cm³/mol. The molecule has 1 amide bonds. The van der Waals surface area contributed by atoms with E-state index in [1.165, 1.54) is 6.33 Å². The van der Waals surface area contributed by atoms with Gasteiger partial charge in [0.05, 0.1) is 5.69 Å². The normalized spacial score (nSPS) is 15.2. The number of amides is 1. The minimum Gasteiger partial charge on any atom is -0.354 e. The smallest absolute Gasteiger partial charge is 0.270 e. The van der Waals surface area contributed by atoms with Gasteiger partial charge in [-0.1, -0.05) is 19.9 Å². The number of pyridine rings is 1. The van der Waals surface area contributed by atoms with Crippen LogP contribution in [0, 0.1) is 0 Å². The molecule has 0 aliphatic carbocycles. The summed E-state index contributed by atoms with van der Waals surface area (Å²) < 4.78 is 1.67. The molecule has 1 N–H and O–H groups in total. The number of piperazine rings is 1. The van der Waals surface area contributed by atoms with Crippen LogP contribution >= 0.6 is 0 Å². The van der Waals surface area contributed by atoms with E-state index in [2.05, 4.69) is 56.1 Å². The lowest BCUT2D eigenvalue weighted by Crippen LogP contribution is -2.45. The van der Waals surface area contributed by atoms with Gasteiger partial charge in [-0.25, -0.2) is 14.5 Å². The number of aromatic nitrogens is 5. The fourth-order valence-corrected chi connectivity index (χ4v) is 3.50. The summed E-state index contributed by atoms with van der Waals surface area (Å²) in [6, 6.07) is 5.69. The number of carbonyl (C=O) groups is 1. The lowest BCUT2D eigenvalue weighted by Gasteiger charge is -2.34. The number of likely N-dealkylation sites (N-methyl/N-ethyl adjacent to an activating group) is 1. The molecule has 0 aromatic carbocycles. The topological polar surface area (TPSA) is 91.5 Å². The second kappa shape index (κ2) is 8.12. The standard InChI is InChI=1S/C20H26N8O/c1-14(2)17-11-16(25-20-23-13-24-28(17)20)19(29)22-12-15-5-4-6-21-18(15)27-9-7-26(3)8-10-27/h4-6,11,13-14H,7-10,12H2,1-3H3,(H,22,29). The highest BCUT2D eigenvalue weighted by Crippen LogP contribution is 2.19. The largest absolute Gasteiger partial charge is 0.354 e. The lowest BCUT2D eigenvalue weighted by atomic mass is 10.1. The molecular formula is C20H26N8O. The van der Waals surface area contributed by atoms with E-state index in [0.717, 1.165) is 43.3 Å². The summed E-state index contributed by atoms with van der Waals surface area (Å²) in [4.78, 5) is 30.5. The molecule has 0 unspecified atom stereocenters. The van der Waals surface area contributed by atoms with Crippen LogP contribution < -0.4 is 10.2 Å². The first-order chi connectivity index (χ1) is 14.0. The van der Waals surface area contributed by atoms with Gasteiger partial charge in [-0.15, -0.1) is 0 Å². The highest BCUT2D eigenvalue weighted by molar-refractivity contribution is 5.92. The fourth-order valence-electron chi connectivity index (χ4n) is 3.50. The monoisotopic (exact) mass is 394 g/mol. The van der Waals surface area contributed by atoms with Crippen molar-refractivity contribution < 1.29 is 4.79 Å². The minimum atomic E-state index is -0.231. The Morgan fingerprint density at radius 3 is 2.76 bits per heavy atom. The van der Waals surface area contributed by atoms with Crippen molar-refractivity contribution in [2.24, 2.45) is 0 Å². The Balaban J connectivity index is 1.51. The Kier molecular flexibility index (Phi) is 5.39. The molecule has 9 nitrogen and oxygen atoms in total. The fraction of sp³-hybridized carbons (Fsp3) is 0.450. The summed E-state index contributed by atoms with van der Waals surface area (Å²) in [5, 5.41) is 7.19. The van der Waals surface area contributed by atoms with Crippen molar-refractivity contribution in [3.8, 4) is 0 Å². The maximum atomic E-state index is 12.8. The molecule has 3 aromatic rings. The van der Waals surface area contributed by atoms with Gasteiger partial charge in [-0.3, -0.25) is 4.79 Å². The summed E-state index contributed by atoms with van der Waals surface area (Å²) in [5.74, 6) is 1.33. The first-order valence-electron chi connectivity index (χ1n) is 9.89. The summed E-state index contributed by atoms with van der Waals surface area (Å²) in [6.07, 6.45) is 3.25. The summed E-state index contributed by atoms with van der Waals surface area (Å²) in [7, 11) is 2.13. The first-order valence-corrected chi connectivity index (χ1v) is 9.89. The number of fused-ring (bicyclic) bond motifs is 1. The Morgan fingerprint density at radius 1 is 1.21 bits per heavy atom. The third-order valence-corrected chi connectivity index (χ3v) is 5.21. The Morgan fingerprint density at radius 2 is 2.00 bits per heavy atom. The molecule has 9 heteroatoms. The van der Waals surface area contributed by atoms with Crippen molar-refractivity contribution in [2.75, 3.05) is 38.1 Å². The van der Waals surface area contributed by atoms with Crippen LogP contribution in [-0.4, -0.2) is 68.6 Å². The van der Waals surface area contributed by atoms with Crippen molar-refractivity contribution in [1.82, 2.24) is 34.8 Å². The van der Waals surface area contributed by atoms with Gasteiger partial charge in [0.1, 0.15) is 17.8 Å². The van der Waals surface area contributed by atoms with E-state index < -0.39 is 0 Å². The Bertz CT molecular complexity index is 1010. The SMILES string of the molecule is CC(C)c1cc(C(=O)NCc2cccnc2N2CCN(C)CC2)nc2ncnn12. The van der Waals surface area contributed by atoms with E-state index in [1.54, 1.807) is 16.8 Å². The van der Waals surface area contributed by atoms with Gasteiger partial charge in [-0.05, 0) is 25.1 Å². The number of nitrogens with zero attached hydrogens (tertiary/aromatic N) is 7. The van der Waals surface area contributed by atoms with Crippen LogP contribution in [-0.2, 0) is 6.54 Å². The summed E-state index contributed by atoms with van der Waals surface area (Å²) in [6.45, 7) is 8.36. The van der Waals surface area contributed by atoms with Crippen LogP contribution in [0.3, 0.4) is 0 Å². The van der Waals surface area contributed by atoms with Crippen molar-refractivity contribution in [3.05, 3.63) is 47.7 Å². The van der Waals surface area contributed by atoms with Gasteiger partial charge in [0.2, 0.25) is 0 Å². The highest BCUT2D eigenvalue weighted by Gasteiger charge is 2.19. The van der Waals surface area contributed by atoms with E-state index >= 15 is 0 Å². The van der Waals surface area contributed by atoms with Crippen LogP contribution in [0.5, 0.6) is 0 Å². The van der Waals surface area contributed by atoms with E-state index in [0.29, 0.717) is 18.0 Å². The number of hydrogen-bond donors (Lipinski definition) is 1. The van der Waals surface area contributed by atoms with E-state index in [1.807, 2.05) is 12.1 Å². The van der Waals surface area contributed by atoms with Crippen molar-refractivity contribution in [3.63, 3.8) is 0 Å². The molecule has 29 heavy (non-hydrogen) atoms. The van der Waals surface area contributed by atoms with Crippen LogP contribution in [0.1, 0.15) is 41.5 Å². The summed E-state index contributed by atoms with van der Waals surface area (Å²) in [5.41, 5.74) is 2.24. The van der Waals surface area contributed by atoms with Gasteiger partial charge in [0, 0.05) is 44.5 Å². The van der Waals surface area contributed by atoms with E-state index in [-0.39, 0.29) is 11.8 Å². The number of nitrogens with one attached hydrogen (secondary N) is 1. The molecule has 0 radical (unpaired) electrons. The average Bonchev–Trinajstić information content (AvgIpc) is 3.20. The van der Waals surface area contributed by atoms with Crippen molar-refractivity contribution >= 4 is 17.5 Å².